The Morgan fingerprint density at radius 2 is 1.33 bits per heavy atom. The maximum Gasteiger partial charge on any atom is 2.00 e. The molecule has 0 amide bonds. The van der Waals surface area contributed by atoms with Crippen molar-refractivity contribution >= 4 is 23.1 Å². The first kappa shape index (κ1) is 26.2. The summed E-state index contributed by atoms with van der Waals surface area (Å²) >= 11 is 0. The molecule has 0 saturated heterocycles. The molecule has 0 aliphatic carbocycles. The smallest absolute Gasteiger partial charge is 1.00 e. The Labute approximate surface area is 184 Å². The minimum atomic E-state index is 0. The Kier molecular flexibility index (Phi) is 17.9. The SMILES string of the molecule is CCCCCCCCOc1cccc(-c2ccccc2)c1.[Br-].[Br-].[Mg+2]. The molecule has 0 spiro atoms. The number of hydrogen-bond donors (Lipinski definition) is 0. The van der Waals surface area contributed by atoms with Crippen LogP contribution >= 0.6 is 0 Å². The van der Waals surface area contributed by atoms with E-state index in [0.717, 1.165) is 18.8 Å². The molecule has 2 rings (SSSR count). The van der Waals surface area contributed by atoms with Crippen LogP contribution in [0.2, 0.25) is 0 Å². The second-order valence-corrected chi connectivity index (χ2v) is 5.51. The van der Waals surface area contributed by atoms with E-state index in [1.165, 1.54) is 43.2 Å². The van der Waals surface area contributed by atoms with Gasteiger partial charge in [0.2, 0.25) is 0 Å². The second kappa shape index (κ2) is 16.4. The summed E-state index contributed by atoms with van der Waals surface area (Å²) < 4.78 is 5.87. The molecule has 0 bridgehead atoms. The van der Waals surface area contributed by atoms with E-state index in [-0.39, 0.29) is 57.0 Å². The molecule has 2 aromatic carbocycles. The number of benzene rings is 2. The number of unbranched alkanes of at least 4 members (excludes halogenated alkanes) is 5. The van der Waals surface area contributed by atoms with Crippen LogP contribution in [0.4, 0.5) is 0 Å². The summed E-state index contributed by atoms with van der Waals surface area (Å²) in [5, 5.41) is 0. The molecule has 128 valence electrons. The molecule has 0 saturated carbocycles. The fourth-order valence-electron chi connectivity index (χ4n) is 2.47. The van der Waals surface area contributed by atoms with Crippen LogP contribution in [0.15, 0.2) is 54.6 Å². The number of halogens is 2. The fourth-order valence-corrected chi connectivity index (χ4v) is 2.47. The van der Waals surface area contributed by atoms with Gasteiger partial charge < -0.3 is 38.7 Å². The molecule has 2 aromatic rings. The average molecular weight is 467 g/mol. The largest absolute Gasteiger partial charge is 2.00 e. The van der Waals surface area contributed by atoms with Crippen molar-refractivity contribution in [2.24, 2.45) is 0 Å². The molecule has 0 fully saturated rings. The van der Waals surface area contributed by atoms with Gasteiger partial charge in [-0.15, -0.1) is 0 Å². The second-order valence-electron chi connectivity index (χ2n) is 5.51. The molecule has 0 unspecified atom stereocenters. The van der Waals surface area contributed by atoms with Gasteiger partial charge in [-0.25, -0.2) is 0 Å². The van der Waals surface area contributed by atoms with E-state index in [4.69, 9.17) is 4.74 Å². The van der Waals surface area contributed by atoms with Gasteiger partial charge in [0.25, 0.3) is 0 Å². The van der Waals surface area contributed by atoms with E-state index < -0.39 is 0 Å². The Morgan fingerprint density at radius 3 is 2.04 bits per heavy atom. The van der Waals surface area contributed by atoms with Crippen molar-refractivity contribution < 1.29 is 38.7 Å². The summed E-state index contributed by atoms with van der Waals surface area (Å²) in [6.45, 7) is 3.08. The quantitative estimate of drug-likeness (QED) is 0.365. The standard InChI is InChI=1S/C20H26O.2BrH.Mg/c1-2-3-4-5-6-10-16-21-20-15-11-14-19(17-20)18-12-8-7-9-13-18;;;/h7-9,11-15,17H,2-6,10,16H2,1H3;2*1H;/q;;;+2/p-2. The number of hydrogen-bond acceptors (Lipinski definition) is 1. The van der Waals surface area contributed by atoms with E-state index in [1.54, 1.807) is 0 Å². The van der Waals surface area contributed by atoms with Gasteiger partial charge in [0.1, 0.15) is 5.75 Å². The maximum absolute atomic E-state index is 5.87. The summed E-state index contributed by atoms with van der Waals surface area (Å²) in [5.41, 5.74) is 2.46. The van der Waals surface area contributed by atoms with Crippen molar-refractivity contribution in [2.75, 3.05) is 6.61 Å². The van der Waals surface area contributed by atoms with E-state index in [2.05, 4.69) is 49.4 Å². The van der Waals surface area contributed by atoms with Gasteiger partial charge in [0.15, 0.2) is 0 Å². The molecule has 24 heavy (non-hydrogen) atoms. The molecule has 0 aromatic heterocycles. The molecular formula is C20H26Br2MgO. The Hall–Kier alpha value is -0.0338. The maximum atomic E-state index is 5.87. The minimum Gasteiger partial charge on any atom is -1.00 e. The van der Waals surface area contributed by atoms with Crippen LogP contribution in [-0.4, -0.2) is 29.7 Å². The fraction of sp³-hybridized carbons (Fsp3) is 0.400. The molecule has 4 heteroatoms. The summed E-state index contributed by atoms with van der Waals surface area (Å²) in [7, 11) is 0. The van der Waals surface area contributed by atoms with Gasteiger partial charge in [-0.05, 0) is 29.7 Å². The summed E-state index contributed by atoms with van der Waals surface area (Å²) in [6.07, 6.45) is 7.79. The first-order valence-electron chi connectivity index (χ1n) is 8.18. The molecular weight excluding hydrogens is 440 g/mol. The zero-order valence-electron chi connectivity index (χ0n) is 14.5. The zero-order valence-corrected chi connectivity index (χ0v) is 19.1. The van der Waals surface area contributed by atoms with Crippen LogP contribution in [0.1, 0.15) is 45.4 Å². The van der Waals surface area contributed by atoms with Crippen LogP contribution in [-0.2, 0) is 0 Å². The zero-order chi connectivity index (χ0) is 14.8. The number of ether oxygens (including phenoxy) is 1. The van der Waals surface area contributed by atoms with Crippen molar-refractivity contribution in [1.29, 1.82) is 0 Å². The normalized spacial score (nSPS) is 9.21. The molecule has 0 heterocycles. The van der Waals surface area contributed by atoms with Crippen LogP contribution < -0.4 is 38.7 Å². The molecule has 0 atom stereocenters. The summed E-state index contributed by atoms with van der Waals surface area (Å²) in [4.78, 5) is 0. The van der Waals surface area contributed by atoms with Gasteiger partial charge in [-0.1, -0.05) is 81.5 Å². The van der Waals surface area contributed by atoms with E-state index in [0.29, 0.717) is 0 Å². The predicted molar refractivity (Wildman–Crippen MR) is 96.5 cm³/mol. The minimum absolute atomic E-state index is 0. The third-order valence-electron chi connectivity index (χ3n) is 3.71. The monoisotopic (exact) mass is 464 g/mol. The molecule has 0 aliphatic heterocycles. The summed E-state index contributed by atoms with van der Waals surface area (Å²) in [5.74, 6) is 0.977. The third kappa shape index (κ3) is 10.1. The van der Waals surface area contributed by atoms with Crippen LogP contribution in [0.25, 0.3) is 11.1 Å². The molecule has 0 radical (unpaired) electrons. The van der Waals surface area contributed by atoms with Crippen LogP contribution in [0.5, 0.6) is 5.75 Å². The first-order chi connectivity index (χ1) is 10.4. The van der Waals surface area contributed by atoms with Crippen LogP contribution in [0, 0.1) is 0 Å². The van der Waals surface area contributed by atoms with Gasteiger partial charge in [-0.3, -0.25) is 0 Å². The molecule has 0 N–H and O–H groups in total. The van der Waals surface area contributed by atoms with Crippen molar-refractivity contribution in [1.82, 2.24) is 0 Å². The van der Waals surface area contributed by atoms with E-state index >= 15 is 0 Å². The number of rotatable bonds is 9. The van der Waals surface area contributed by atoms with Gasteiger partial charge in [-0.2, -0.15) is 0 Å². The summed E-state index contributed by atoms with van der Waals surface area (Å²) in [6, 6.07) is 18.8. The van der Waals surface area contributed by atoms with Crippen molar-refractivity contribution in [3.63, 3.8) is 0 Å². The van der Waals surface area contributed by atoms with Crippen molar-refractivity contribution in [3.8, 4) is 16.9 Å². The van der Waals surface area contributed by atoms with Gasteiger partial charge >= 0.3 is 23.1 Å². The van der Waals surface area contributed by atoms with Crippen molar-refractivity contribution in [3.05, 3.63) is 54.6 Å². The molecule has 0 aliphatic rings. The predicted octanol–water partition coefficient (Wildman–Crippen LogP) is -0.280. The Bertz CT molecular complexity index is 520. The first-order valence-corrected chi connectivity index (χ1v) is 8.18. The average Bonchev–Trinajstić information content (AvgIpc) is 2.55. The van der Waals surface area contributed by atoms with Gasteiger partial charge in [0, 0.05) is 0 Å². The van der Waals surface area contributed by atoms with Gasteiger partial charge in [0.05, 0.1) is 6.61 Å². The van der Waals surface area contributed by atoms with Crippen LogP contribution in [0.3, 0.4) is 0 Å². The van der Waals surface area contributed by atoms with Crippen molar-refractivity contribution in [2.45, 2.75) is 45.4 Å². The van der Waals surface area contributed by atoms with E-state index in [9.17, 15) is 0 Å². The Morgan fingerprint density at radius 1 is 0.708 bits per heavy atom. The Balaban J connectivity index is 0. The topological polar surface area (TPSA) is 9.23 Å². The molecule has 1 nitrogen and oxygen atoms in total. The third-order valence-corrected chi connectivity index (χ3v) is 3.71. The van der Waals surface area contributed by atoms with E-state index in [1.807, 2.05) is 12.1 Å².